The van der Waals surface area contributed by atoms with E-state index in [0.29, 0.717) is 20.9 Å². The maximum Gasteiger partial charge on any atom is 0.264 e. The molecule has 0 saturated heterocycles. The third kappa shape index (κ3) is 6.73. The molecule has 0 radical (unpaired) electrons. The lowest BCUT2D eigenvalue weighted by atomic mass is 10.1. The van der Waals surface area contributed by atoms with E-state index in [4.69, 9.17) is 23.2 Å². The van der Waals surface area contributed by atoms with Gasteiger partial charge in [-0.25, -0.2) is 18.1 Å². The number of rotatable bonds is 8. The first-order valence-electron chi connectivity index (χ1n) is 10.2. The van der Waals surface area contributed by atoms with Gasteiger partial charge in [0.1, 0.15) is 6.04 Å². The van der Waals surface area contributed by atoms with E-state index in [0.717, 1.165) is 14.7 Å². The summed E-state index contributed by atoms with van der Waals surface area (Å²) in [5.74, 6) is -0.682. The van der Waals surface area contributed by atoms with Crippen LogP contribution in [0.1, 0.15) is 5.56 Å². The predicted octanol–water partition coefficient (Wildman–Crippen LogP) is 6.25. The summed E-state index contributed by atoms with van der Waals surface area (Å²) in [7, 11) is -4.03. The lowest BCUT2D eigenvalue weighted by Crippen LogP contribution is -2.43. The summed E-state index contributed by atoms with van der Waals surface area (Å²) in [6.07, 6.45) is 0.259. The number of carbonyl (C=O) groups is 1. The second-order valence-corrected chi connectivity index (χ2v) is 12.1. The number of hydrogen-bond donors (Lipinski definition) is 2. The summed E-state index contributed by atoms with van der Waals surface area (Å²) < 4.78 is 28.7. The SMILES string of the molecule is O=C(NS(=O)(=O)c1ccccc1)C(Cc1ccc(I)cc1)Nc1nc(-c2ccc(Cl)c(Cl)c2)cs1. The molecule has 4 aromatic rings. The molecule has 0 saturated carbocycles. The van der Waals surface area contributed by atoms with Gasteiger partial charge in [-0.1, -0.05) is 59.6 Å². The number of nitrogens with one attached hydrogen (secondary N) is 2. The molecule has 3 aromatic carbocycles. The number of thiazole rings is 1. The van der Waals surface area contributed by atoms with Gasteiger partial charge in [0, 0.05) is 20.9 Å². The molecule has 180 valence electrons. The first-order valence-corrected chi connectivity index (χ1v) is 14.4. The molecule has 2 N–H and O–H groups in total. The number of amides is 1. The van der Waals surface area contributed by atoms with Gasteiger partial charge in [-0.15, -0.1) is 11.3 Å². The summed E-state index contributed by atoms with van der Waals surface area (Å²) in [6, 6.07) is 19.7. The van der Waals surface area contributed by atoms with Crippen LogP contribution in [0.3, 0.4) is 0 Å². The van der Waals surface area contributed by atoms with Crippen LogP contribution in [-0.2, 0) is 21.2 Å². The van der Waals surface area contributed by atoms with Crippen molar-refractivity contribution in [3.63, 3.8) is 0 Å². The van der Waals surface area contributed by atoms with Gasteiger partial charge in [-0.2, -0.15) is 0 Å². The lowest BCUT2D eigenvalue weighted by molar-refractivity contribution is -0.120. The van der Waals surface area contributed by atoms with Gasteiger partial charge in [0.05, 0.1) is 20.6 Å². The van der Waals surface area contributed by atoms with Crippen molar-refractivity contribution >= 4 is 78.2 Å². The predicted molar refractivity (Wildman–Crippen MR) is 150 cm³/mol. The number of benzene rings is 3. The van der Waals surface area contributed by atoms with Crippen LogP contribution in [0.2, 0.25) is 10.0 Å². The van der Waals surface area contributed by atoms with Crippen LogP contribution in [-0.4, -0.2) is 25.4 Å². The second kappa shape index (κ2) is 11.3. The number of hydrogen-bond acceptors (Lipinski definition) is 6. The van der Waals surface area contributed by atoms with Crippen molar-refractivity contribution in [2.75, 3.05) is 5.32 Å². The number of halogens is 3. The highest BCUT2D eigenvalue weighted by molar-refractivity contribution is 14.1. The molecular formula is C24H18Cl2IN3O3S2. The van der Waals surface area contributed by atoms with E-state index in [2.05, 4.69) is 37.6 Å². The van der Waals surface area contributed by atoms with Gasteiger partial charge in [-0.05, 0) is 64.6 Å². The molecule has 0 aliphatic rings. The molecule has 1 amide bonds. The van der Waals surface area contributed by atoms with Crippen LogP contribution in [0, 0.1) is 3.57 Å². The molecule has 1 unspecified atom stereocenters. The molecule has 11 heteroatoms. The molecule has 0 fully saturated rings. The van der Waals surface area contributed by atoms with Crippen molar-refractivity contribution in [3.8, 4) is 11.3 Å². The monoisotopic (exact) mass is 657 g/mol. The minimum absolute atomic E-state index is 0.0116. The summed E-state index contributed by atoms with van der Waals surface area (Å²) in [4.78, 5) is 17.7. The number of nitrogens with zero attached hydrogens (tertiary/aromatic N) is 1. The van der Waals surface area contributed by atoms with E-state index in [-0.39, 0.29) is 11.3 Å². The molecule has 4 rings (SSSR count). The molecule has 1 heterocycles. The number of sulfonamides is 1. The van der Waals surface area contributed by atoms with Crippen molar-refractivity contribution in [2.24, 2.45) is 0 Å². The molecule has 0 aliphatic heterocycles. The highest BCUT2D eigenvalue weighted by Crippen LogP contribution is 2.31. The Morgan fingerprint density at radius 3 is 2.40 bits per heavy atom. The second-order valence-electron chi connectivity index (χ2n) is 7.48. The summed E-state index contributed by atoms with van der Waals surface area (Å²) >= 11 is 15.6. The third-order valence-corrected chi connectivity index (χ3v) is 8.57. The topological polar surface area (TPSA) is 88.2 Å². The van der Waals surface area contributed by atoms with Gasteiger partial charge in [-0.3, -0.25) is 4.79 Å². The first-order chi connectivity index (χ1) is 16.7. The van der Waals surface area contributed by atoms with Crippen molar-refractivity contribution in [1.82, 2.24) is 9.71 Å². The highest BCUT2D eigenvalue weighted by atomic mass is 127. The van der Waals surface area contributed by atoms with Crippen LogP contribution < -0.4 is 10.0 Å². The standard InChI is InChI=1S/C24H18Cl2IN3O3S2/c25-19-11-8-16(13-20(19)26)22-14-34-24(29-22)28-21(12-15-6-9-17(27)10-7-15)23(31)30-35(32,33)18-4-2-1-3-5-18/h1-11,13-14,21H,12H2,(H,28,29)(H,30,31). The van der Waals surface area contributed by atoms with Crippen LogP contribution in [0.15, 0.2) is 83.1 Å². The summed E-state index contributed by atoms with van der Waals surface area (Å²) in [6.45, 7) is 0. The minimum atomic E-state index is -4.03. The zero-order valence-corrected chi connectivity index (χ0v) is 23.2. The quantitative estimate of drug-likeness (QED) is 0.219. The Hall–Kier alpha value is -2.18. The molecule has 0 aliphatic carbocycles. The largest absolute Gasteiger partial charge is 0.349 e. The Morgan fingerprint density at radius 1 is 1.00 bits per heavy atom. The van der Waals surface area contributed by atoms with Crippen molar-refractivity contribution in [2.45, 2.75) is 17.4 Å². The molecule has 6 nitrogen and oxygen atoms in total. The van der Waals surface area contributed by atoms with Gasteiger partial charge in [0.25, 0.3) is 15.9 Å². The Balaban J connectivity index is 1.58. The zero-order valence-electron chi connectivity index (χ0n) is 17.9. The highest BCUT2D eigenvalue weighted by Gasteiger charge is 2.26. The average Bonchev–Trinajstić information content (AvgIpc) is 3.31. The fraction of sp³-hybridized carbons (Fsp3) is 0.0833. The fourth-order valence-corrected chi connectivity index (χ4v) is 5.68. The Morgan fingerprint density at radius 2 is 1.71 bits per heavy atom. The molecule has 35 heavy (non-hydrogen) atoms. The Bertz CT molecular complexity index is 1450. The number of carbonyl (C=O) groups excluding carboxylic acids is 1. The van der Waals surface area contributed by atoms with E-state index in [9.17, 15) is 13.2 Å². The van der Waals surface area contributed by atoms with E-state index >= 15 is 0 Å². The van der Waals surface area contributed by atoms with E-state index in [1.165, 1.54) is 23.5 Å². The molecular weight excluding hydrogens is 640 g/mol. The molecule has 0 spiro atoms. The molecule has 1 atom stereocenters. The van der Waals surface area contributed by atoms with Gasteiger partial charge in [0.15, 0.2) is 5.13 Å². The smallest absolute Gasteiger partial charge is 0.264 e. The van der Waals surface area contributed by atoms with Crippen molar-refractivity contribution in [1.29, 1.82) is 0 Å². The minimum Gasteiger partial charge on any atom is -0.349 e. The van der Waals surface area contributed by atoms with Crippen LogP contribution in [0.4, 0.5) is 5.13 Å². The molecule has 0 bridgehead atoms. The normalized spacial score (nSPS) is 12.2. The maximum absolute atomic E-state index is 13.2. The first kappa shape index (κ1) is 25.9. The van der Waals surface area contributed by atoms with Gasteiger partial charge in [0.2, 0.25) is 0 Å². The van der Waals surface area contributed by atoms with Crippen molar-refractivity contribution in [3.05, 3.63) is 97.4 Å². The van der Waals surface area contributed by atoms with E-state index in [1.54, 1.807) is 36.4 Å². The van der Waals surface area contributed by atoms with Crippen LogP contribution in [0.5, 0.6) is 0 Å². The van der Waals surface area contributed by atoms with E-state index < -0.39 is 22.0 Å². The third-order valence-electron chi connectivity index (χ3n) is 4.98. The number of anilines is 1. The van der Waals surface area contributed by atoms with Gasteiger partial charge >= 0.3 is 0 Å². The fourth-order valence-electron chi connectivity index (χ4n) is 3.20. The van der Waals surface area contributed by atoms with Gasteiger partial charge < -0.3 is 5.32 Å². The average molecular weight is 658 g/mol. The Labute approximate surface area is 230 Å². The number of aromatic nitrogens is 1. The lowest BCUT2D eigenvalue weighted by Gasteiger charge is -2.18. The van der Waals surface area contributed by atoms with Crippen LogP contribution >= 0.6 is 57.1 Å². The van der Waals surface area contributed by atoms with Crippen LogP contribution in [0.25, 0.3) is 11.3 Å². The van der Waals surface area contributed by atoms with Crippen molar-refractivity contribution < 1.29 is 13.2 Å². The summed E-state index contributed by atoms with van der Waals surface area (Å²) in [5.41, 5.74) is 2.30. The molecule has 1 aromatic heterocycles. The van der Waals surface area contributed by atoms with E-state index in [1.807, 2.05) is 29.6 Å². The Kier molecular flexibility index (Phi) is 8.33. The zero-order chi connectivity index (χ0) is 25.0. The maximum atomic E-state index is 13.2. The summed E-state index contributed by atoms with van der Waals surface area (Å²) in [5, 5.41) is 6.24.